The van der Waals surface area contributed by atoms with Gasteiger partial charge < -0.3 is 5.73 Å². The molecule has 0 bridgehead atoms. The van der Waals surface area contributed by atoms with Crippen LogP contribution in [-0.2, 0) is 0 Å². The highest BCUT2D eigenvalue weighted by Crippen LogP contribution is 2.29. The number of hydrogen-bond acceptors (Lipinski definition) is 1. The van der Waals surface area contributed by atoms with Crippen molar-refractivity contribution in [2.24, 2.45) is 10.7 Å². The Morgan fingerprint density at radius 1 is 0.576 bits per heavy atom. The maximum atomic E-state index is 8.44. The molecule has 3 N–H and O–H groups in total. The lowest BCUT2D eigenvalue weighted by atomic mass is 9.97. The molecule has 0 atom stereocenters. The van der Waals surface area contributed by atoms with E-state index >= 15 is 0 Å². The van der Waals surface area contributed by atoms with Crippen LogP contribution in [-0.4, -0.2) is 11.7 Å². The molecule has 0 spiro atoms. The van der Waals surface area contributed by atoms with E-state index in [1.54, 1.807) is 0 Å². The van der Waals surface area contributed by atoms with Gasteiger partial charge in [0.05, 0.1) is 0 Å². The fourth-order valence-corrected chi connectivity index (χ4v) is 4.02. The van der Waals surface area contributed by atoms with Gasteiger partial charge in [-0.05, 0) is 39.1 Å². The van der Waals surface area contributed by atoms with E-state index in [0.29, 0.717) is 5.84 Å². The molecule has 0 aliphatic rings. The molecule has 5 aromatic rings. The zero-order valence-corrected chi connectivity index (χ0v) is 18.1. The third kappa shape index (κ3) is 4.30. The van der Waals surface area contributed by atoms with Gasteiger partial charge in [0.2, 0.25) is 0 Å². The lowest BCUT2D eigenvalue weighted by Crippen LogP contribution is -2.16. The molecule has 0 amide bonds. The fraction of sp³-hybridized carbons (Fsp3) is 0. The van der Waals surface area contributed by atoms with Crippen molar-refractivity contribution in [3.05, 3.63) is 132 Å². The lowest BCUT2D eigenvalue weighted by molar-refractivity contribution is 1.40. The minimum atomic E-state index is 0.141. The Morgan fingerprint density at radius 3 is 2.03 bits per heavy atom. The van der Waals surface area contributed by atoms with Crippen LogP contribution in [0.1, 0.15) is 11.1 Å². The molecular formula is C30H23N3. The van der Waals surface area contributed by atoms with Gasteiger partial charge in [-0.15, -0.1) is 0 Å². The molecule has 0 saturated heterocycles. The Balaban J connectivity index is 1.42. The maximum Gasteiger partial charge on any atom is 0.154 e. The predicted molar refractivity (Wildman–Crippen MR) is 139 cm³/mol. The molecule has 3 heteroatoms. The number of rotatable bonds is 4. The van der Waals surface area contributed by atoms with Crippen molar-refractivity contribution >= 4 is 22.4 Å². The molecule has 0 aromatic heterocycles. The van der Waals surface area contributed by atoms with Gasteiger partial charge in [-0.25, -0.2) is 4.99 Å². The van der Waals surface area contributed by atoms with Gasteiger partial charge in [0.1, 0.15) is 5.84 Å². The molecule has 0 saturated carbocycles. The number of nitrogens with two attached hydrogens (primary N) is 1. The van der Waals surface area contributed by atoms with E-state index in [2.05, 4.69) is 59.6 Å². The molecule has 0 unspecified atom stereocenters. The van der Waals surface area contributed by atoms with Crippen molar-refractivity contribution < 1.29 is 0 Å². The highest BCUT2D eigenvalue weighted by Gasteiger charge is 2.08. The number of nitrogens with one attached hydrogen (secondary N) is 1. The summed E-state index contributed by atoms with van der Waals surface area (Å²) in [5, 5.41) is 10.8. The first-order chi connectivity index (χ1) is 16.2. The highest BCUT2D eigenvalue weighted by atomic mass is 14.9. The van der Waals surface area contributed by atoms with Crippen molar-refractivity contribution in [2.75, 3.05) is 0 Å². The summed E-state index contributed by atoms with van der Waals surface area (Å²) in [5.74, 6) is 0.469. The molecule has 5 rings (SSSR count). The van der Waals surface area contributed by atoms with Crippen molar-refractivity contribution in [1.82, 2.24) is 0 Å². The molecule has 33 heavy (non-hydrogen) atoms. The van der Waals surface area contributed by atoms with Gasteiger partial charge in [0.15, 0.2) is 5.84 Å². The summed E-state index contributed by atoms with van der Waals surface area (Å²) in [7, 11) is 0. The van der Waals surface area contributed by atoms with Crippen LogP contribution in [0.25, 0.3) is 33.0 Å². The molecule has 158 valence electrons. The highest BCUT2D eigenvalue weighted by molar-refractivity contribution is 6.10. The number of hydrogen-bond donors (Lipinski definition) is 2. The molecular weight excluding hydrogens is 402 g/mol. The number of aliphatic imine (C=N–C) groups is 1. The SMILES string of the molecule is N=C(/N=C(\N)c1cccc(-c2cccc3ccccc23)c1)c1ccc(-c2ccccc2)cc1. The zero-order valence-electron chi connectivity index (χ0n) is 18.1. The summed E-state index contributed by atoms with van der Waals surface area (Å²) < 4.78 is 0. The van der Waals surface area contributed by atoms with Gasteiger partial charge in [-0.3, -0.25) is 5.41 Å². The summed E-state index contributed by atoms with van der Waals surface area (Å²) in [6.07, 6.45) is 0. The summed E-state index contributed by atoms with van der Waals surface area (Å²) >= 11 is 0. The van der Waals surface area contributed by atoms with Crippen LogP contribution in [0.4, 0.5) is 0 Å². The monoisotopic (exact) mass is 425 g/mol. The van der Waals surface area contributed by atoms with Crippen LogP contribution in [0.15, 0.2) is 126 Å². The largest absolute Gasteiger partial charge is 0.383 e. The van der Waals surface area contributed by atoms with E-state index in [9.17, 15) is 0 Å². The van der Waals surface area contributed by atoms with Crippen molar-refractivity contribution in [2.45, 2.75) is 0 Å². The van der Waals surface area contributed by atoms with Gasteiger partial charge in [-0.1, -0.05) is 115 Å². The standard InChI is InChI=1S/C30H23N3/c31-29(24-18-16-22(17-19-24)21-8-2-1-3-9-21)33-30(32)26-13-6-12-25(20-26)28-15-7-11-23-10-4-5-14-27(23)28/h1-20H,(H3,31,32,33). The fourth-order valence-electron chi connectivity index (χ4n) is 4.02. The minimum absolute atomic E-state index is 0.141. The van der Waals surface area contributed by atoms with E-state index in [4.69, 9.17) is 11.1 Å². The predicted octanol–water partition coefficient (Wildman–Crippen LogP) is 6.90. The van der Waals surface area contributed by atoms with Crippen LogP contribution in [0, 0.1) is 5.41 Å². The number of nitrogens with zero attached hydrogens (tertiary/aromatic N) is 1. The third-order valence-corrected chi connectivity index (χ3v) is 5.76. The van der Waals surface area contributed by atoms with Crippen LogP contribution < -0.4 is 5.73 Å². The Hall–Kier alpha value is -4.50. The summed E-state index contributed by atoms with van der Waals surface area (Å²) in [5.41, 5.74) is 12.3. The average Bonchev–Trinajstić information content (AvgIpc) is 2.89. The topological polar surface area (TPSA) is 62.2 Å². The molecule has 0 fully saturated rings. The second kappa shape index (κ2) is 8.93. The number of benzene rings is 5. The van der Waals surface area contributed by atoms with Gasteiger partial charge in [0.25, 0.3) is 0 Å². The first-order valence-electron chi connectivity index (χ1n) is 10.9. The van der Waals surface area contributed by atoms with E-state index in [1.165, 1.54) is 10.8 Å². The van der Waals surface area contributed by atoms with E-state index < -0.39 is 0 Å². The molecule has 0 heterocycles. The second-order valence-electron chi connectivity index (χ2n) is 7.90. The quantitative estimate of drug-likeness (QED) is 0.239. The summed E-state index contributed by atoms with van der Waals surface area (Å²) in [6.45, 7) is 0. The third-order valence-electron chi connectivity index (χ3n) is 5.76. The Labute approximate surface area is 193 Å². The average molecular weight is 426 g/mol. The summed E-state index contributed by atoms with van der Waals surface area (Å²) in [6, 6.07) is 40.7. The Morgan fingerprint density at radius 2 is 1.21 bits per heavy atom. The molecule has 3 nitrogen and oxygen atoms in total. The van der Waals surface area contributed by atoms with E-state index in [-0.39, 0.29) is 5.84 Å². The second-order valence-corrected chi connectivity index (χ2v) is 7.90. The molecule has 0 radical (unpaired) electrons. The zero-order chi connectivity index (χ0) is 22.6. The van der Waals surface area contributed by atoms with E-state index in [1.807, 2.05) is 66.7 Å². The van der Waals surface area contributed by atoms with E-state index in [0.717, 1.165) is 33.4 Å². The number of fused-ring (bicyclic) bond motifs is 1. The van der Waals surface area contributed by atoms with Crippen LogP contribution in [0.3, 0.4) is 0 Å². The van der Waals surface area contributed by atoms with Crippen molar-refractivity contribution in [3.63, 3.8) is 0 Å². The van der Waals surface area contributed by atoms with Crippen LogP contribution in [0.5, 0.6) is 0 Å². The lowest BCUT2D eigenvalue weighted by Gasteiger charge is -2.09. The Kier molecular flexibility index (Phi) is 5.52. The van der Waals surface area contributed by atoms with Gasteiger partial charge >= 0.3 is 0 Å². The number of amidine groups is 2. The Bertz CT molecular complexity index is 1460. The van der Waals surface area contributed by atoms with Crippen molar-refractivity contribution in [1.29, 1.82) is 5.41 Å². The first-order valence-corrected chi connectivity index (χ1v) is 10.9. The van der Waals surface area contributed by atoms with Crippen LogP contribution >= 0.6 is 0 Å². The van der Waals surface area contributed by atoms with Crippen molar-refractivity contribution in [3.8, 4) is 22.3 Å². The smallest absolute Gasteiger partial charge is 0.154 e. The van der Waals surface area contributed by atoms with Gasteiger partial charge in [0, 0.05) is 11.1 Å². The van der Waals surface area contributed by atoms with Crippen LogP contribution in [0.2, 0.25) is 0 Å². The molecule has 0 aliphatic heterocycles. The van der Waals surface area contributed by atoms with Gasteiger partial charge in [-0.2, -0.15) is 0 Å². The normalized spacial score (nSPS) is 11.5. The molecule has 0 aliphatic carbocycles. The minimum Gasteiger partial charge on any atom is -0.383 e. The maximum absolute atomic E-state index is 8.44. The summed E-state index contributed by atoms with van der Waals surface area (Å²) in [4.78, 5) is 4.39. The first kappa shape index (κ1) is 20.4. The molecule has 5 aromatic carbocycles.